The number of carbonyl (C=O) groups is 1. The average Bonchev–Trinajstić information content (AvgIpc) is 2.77. The normalized spacial score (nSPS) is 19.0. The minimum absolute atomic E-state index is 0.0725. The molecule has 0 aliphatic carbocycles. The molecule has 0 spiro atoms. The first-order valence-electron chi connectivity index (χ1n) is 8.40. The van der Waals surface area contributed by atoms with Crippen molar-refractivity contribution in [3.63, 3.8) is 0 Å². The van der Waals surface area contributed by atoms with Crippen LogP contribution in [0, 0.1) is 0 Å². The molecule has 2 heterocycles. The molecular formula is C19H23N3O2. The molecule has 1 amide bonds. The van der Waals surface area contributed by atoms with Crippen molar-refractivity contribution in [2.24, 2.45) is 0 Å². The van der Waals surface area contributed by atoms with E-state index in [1.807, 2.05) is 23.1 Å². The van der Waals surface area contributed by atoms with Crippen molar-refractivity contribution in [3.8, 4) is 0 Å². The first-order chi connectivity index (χ1) is 11.6. The fraction of sp³-hybridized carbons (Fsp3) is 0.368. The predicted octanol–water partition coefficient (Wildman–Crippen LogP) is 2.11. The zero-order chi connectivity index (χ0) is 16.9. The van der Waals surface area contributed by atoms with E-state index in [1.54, 1.807) is 18.3 Å². The van der Waals surface area contributed by atoms with E-state index in [0.717, 1.165) is 26.1 Å². The van der Waals surface area contributed by atoms with Crippen LogP contribution in [0.4, 0.5) is 0 Å². The predicted molar refractivity (Wildman–Crippen MR) is 93.9 cm³/mol. The lowest BCUT2D eigenvalue weighted by atomic mass is 10.2. The molecule has 5 heteroatoms. The van der Waals surface area contributed by atoms with E-state index in [4.69, 9.17) is 0 Å². The third-order valence-corrected chi connectivity index (χ3v) is 4.49. The summed E-state index contributed by atoms with van der Waals surface area (Å²) in [4.78, 5) is 31.4. The van der Waals surface area contributed by atoms with Crippen LogP contribution in [0.5, 0.6) is 0 Å². The number of hydrogen-bond acceptors (Lipinski definition) is 3. The van der Waals surface area contributed by atoms with E-state index in [9.17, 15) is 9.59 Å². The molecule has 1 aliphatic heterocycles. The van der Waals surface area contributed by atoms with E-state index in [2.05, 4.69) is 28.9 Å². The summed E-state index contributed by atoms with van der Waals surface area (Å²) >= 11 is 0. The maximum atomic E-state index is 12.7. The van der Waals surface area contributed by atoms with Crippen molar-refractivity contribution in [3.05, 3.63) is 70.1 Å². The Kier molecular flexibility index (Phi) is 5.11. The van der Waals surface area contributed by atoms with Crippen molar-refractivity contribution in [2.45, 2.75) is 25.9 Å². The van der Waals surface area contributed by atoms with E-state index < -0.39 is 0 Å². The van der Waals surface area contributed by atoms with Gasteiger partial charge in [-0.2, -0.15) is 0 Å². The Morgan fingerprint density at radius 3 is 2.71 bits per heavy atom. The van der Waals surface area contributed by atoms with Gasteiger partial charge >= 0.3 is 0 Å². The number of aromatic amines is 1. The highest BCUT2D eigenvalue weighted by molar-refractivity contribution is 5.94. The van der Waals surface area contributed by atoms with E-state index >= 15 is 0 Å². The van der Waals surface area contributed by atoms with Crippen molar-refractivity contribution in [1.82, 2.24) is 14.8 Å². The van der Waals surface area contributed by atoms with Gasteiger partial charge in [-0.05, 0) is 31.0 Å². The zero-order valence-corrected chi connectivity index (χ0v) is 13.9. The molecule has 126 valence electrons. The Bertz CT molecular complexity index is 742. The van der Waals surface area contributed by atoms with E-state index in [0.29, 0.717) is 6.54 Å². The van der Waals surface area contributed by atoms with Gasteiger partial charge in [-0.3, -0.25) is 14.5 Å². The summed E-state index contributed by atoms with van der Waals surface area (Å²) in [7, 11) is 0. The number of H-pyrrole nitrogens is 1. The summed E-state index contributed by atoms with van der Waals surface area (Å²) in [6.45, 7) is 5.39. The van der Waals surface area contributed by atoms with Crippen molar-refractivity contribution >= 4 is 5.91 Å². The number of rotatable bonds is 3. The first kappa shape index (κ1) is 16.5. The number of aromatic nitrogens is 1. The number of amides is 1. The van der Waals surface area contributed by atoms with Gasteiger partial charge < -0.3 is 9.88 Å². The highest BCUT2D eigenvalue weighted by Crippen LogP contribution is 2.15. The molecule has 1 fully saturated rings. The number of nitrogens with zero attached hydrogens (tertiary/aromatic N) is 2. The SMILES string of the molecule is C[C@H]1CN(Cc2ccccc2)CCCN1C(=O)c1ccc[nH]c1=O. The smallest absolute Gasteiger partial charge is 0.260 e. The molecule has 5 nitrogen and oxygen atoms in total. The number of nitrogens with one attached hydrogen (secondary N) is 1. The number of pyridine rings is 1. The van der Waals surface area contributed by atoms with Gasteiger partial charge in [0.05, 0.1) is 0 Å². The molecule has 0 unspecified atom stereocenters. The Hall–Kier alpha value is -2.40. The topological polar surface area (TPSA) is 56.4 Å². The minimum Gasteiger partial charge on any atom is -0.334 e. The van der Waals surface area contributed by atoms with Crippen LogP contribution in [0.15, 0.2) is 53.5 Å². The summed E-state index contributed by atoms with van der Waals surface area (Å²) in [5.74, 6) is -0.175. The van der Waals surface area contributed by atoms with Crippen LogP contribution in [0.2, 0.25) is 0 Å². The second-order valence-corrected chi connectivity index (χ2v) is 6.33. The van der Waals surface area contributed by atoms with Crippen LogP contribution in [-0.2, 0) is 6.54 Å². The summed E-state index contributed by atoms with van der Waals surface area (Å²) in [6, 6.07) is 13.7. The fourth-order valence-corrected chi connectivity index (χ4v) is 3.28. The lowest BCUT2D eigenvalue weighted by molar-refractivity contribution is 0.0689. The van der Waals surface area contributed by atoms with Crippen LogP contribution in [-0.4, -0.2) is 46.4 Å². The third kappa shape index (κ3) is 3.74. The zero-order valence-electron chi connectivity index (χ0n) is 13.9. The number of benzene rings is 1. The van der Waals surface area contributed by atoms with Gasteiger partial charge in [-0.1, -0.05) is 30.3 Å². The summed E-state index contributed by atoms with van der Waals surface area (Å²) in [5.41, 5.74) is 1.19. The maximum absolute atomic E-state index is 12.7. The quantitative estimate of drug-likeness (QED) is 0.940. The number of hydrogen-bond donors (Lipinski definition) is 1. The molecule has 24 heavy (non-hydrogen) atoms. The van der Waals surface area contributed by atoms with Crippen molar-refractivity contribution in [2.75, 3.05) is 19.6 Å². The highest BCUT2D eigenvalue weighted by atomic mass is 16.2. The third-order valence-electron chi connectivity index (χ3n) is 4.49. The minimum atomic E-state index is -0.319. The lowest BCUT2D eigenvalue weighted by Crippen LogP contribution is -2.44. The summed E-state index contributed by atoms with van der Waals surface area (Å²) in [6.07, 6.45) is 2.46. The summed E-state index contributed by atoms with van der Waals surface area (Å²) in [5, 5.41) is 0. The van der Waals surface area contributed by atoms with Gasteiger partial charge in [-0.15, -0.1) is 0 Å². The molecule has 1 aromatic carbocycles. The molecule has 2 aromatic rings. The molecule has 0 radical (unpaired) electrons. The molecule has 0 saturated carbocycles. The Labute approximate surface area is 141 Å². The van der Waals surface area contributed by atoms with Gasteiger partial charge in [-0.25, -0.2) is 0 Å². The monoisotopic (exact) mass is 325 g/mol. The van der Waals surface area contributed by atoms with Crippen LogP contribution < -0.4 is 5.56 Å². The molecular weight excluding hydrogens is 302 g/mol. The Balaban J connectivity index is 1.70. The molecule has 1 aromatic heterocycles. The molecule has 3 rings (SSSR count). The molecule has 1 aliphatic rings. The van der Waals surface area contributed by atoms with Gasteiger partial charge in [0.2, 0.25) is 0 Å². The van der Waals surface area contributed by atoms with Crippen LogP contribution in [0.1, 0.15) is 29.3 Å². The second kappa shape index (κ2) is 7.45. The number of carbonyl (C=O) groups excluding carboxylic acids is 1. The van der Waals surface area contributed by atoms with Gasteiger partial charge in [0.1, 0.15) is 5.56 Å². The van der Waals surface area contributed by atoms with E-state index in [1.165, 1.54) is 5.56 Å². The van der Waals surface area contributed by atoms with Crippen molar-refractivity contribution in [1.29, 1.82) is 0 Å². The van der Waals surface area contributed by atoms with Crippen LogP contribution >= 0.6 is 0 Å². The van der Waals surface area contributed by atoms with Crippen LogP contribution in [0.3, 0.4) is 0 Å². The van der Waals surface area contributed by atoms with Crippen molar-refractivity contribution < 1.29 is 4.79 Å². The molecule has 1 N–H and O–H groups in total. The van der Waals surface area contributed by atoms with Gasteiger partial charge in [0.15, 0.2) is 0 Å². The first-order valence-corrected chi connectivity index (χ1v) is 8.40. The standard InChI is InChI=1S/C19H23N3O2/c1-15-13-21(14-16-7-3-2-4-8-16)11-6-12-22(15)19(24)17-9-5-10-20-18(17)23/h2-5,7-10,15H,6,11-14H2,1H3,(H,20,23)/t15-/m0/s1. The molecule has 0 bridgehead atoms. The second-order valence-electron chi connectivity index (χ2n) is 6.33. The van der Waals surface area contributed by atoms with Crippen LogP contribution in [0.25, 0.3) is 0 Å². The lowest BCUT2D eigenvalue weighted by Gasteiger charge is -2.29. The highest BCUT2D eigenvalue weighted by Gasteiger charge is 2.27. The average molecular weight is 325 g/mol. The van der Waals surface area contributed by atoms with E-state index in [-0.39, 0.29) is 23.1 Å². The molecule has 1 saturated heterocycles. The van der Waals surface area contributed by atoms with Gasteiger partial charge in [0.25, 0.3) is 11.5 Å². The largest absolute Gasteiger partial charge is 0.334 e. The van der Waals surface area contributed by atoms with Gasteiger partial charge in [0, 0.05) is 38.4 Å². The maximum Gasteiger partial charge on any atom is 0.260 e. The molecule has 1 atom stereocenters. The summed E-state index contributed by atoms with van der Waals surface area (Å²) < 4.78 is 0. The Morgan fingerprint density at radius 1 is 1.17 bits per heavy atom. The fourth-order valence-electron chi connectivity index (χ4n) is 3.28. The Morgan fingerprint density at radius 2 is 1.96 bits per heavy atom.